The minimum Gasteiger partial charge on any atom is -0.506 e. The van der Waals surface area contributed by atoms with Crippen LogP contribution in [0.4, 0.5) is 0 Å². The zero-order valence-corrected chi connectivity index (χ0v) is 7.92. The molecule has 0 aromatic heterocycles. The second-order valence-corrected chi connectivity index (χ2v) is 3.01. The van der Waals surface area contributed by atoms with Gasteiger partial charge < -0.3 is 15.6 Å². The van der Waals surface area contributed by atoms with Gasteiger partial charge in [0.05, 0.1) is 11.6 Å². The first-order chi connectivity index (χ1) is 6.24. The van der Waals surface area contributed by atoms with Gasteiger partial charge in [-0.15, -0.1) is 0 Å². The minimum absolute atomic E-state index is 0.0628. The fourth-order valence-electron chi connectivity index (χ4n) is 0.851. The SMILES string of the molecule is NCCCOc1ccc(O)c(Cl)c1. The molecule has 0 amide bonds. The normalized spacial score (nSPS) is 10.0. The van der Waals surface area contributed by atoms with Crippen LogP contribution in [0, 0.1) is 0 Å². The largest absolute Gasteiger partial charge is 0.506 e. The quantitative estimate of drug-likeness (QED) is 0.731. The van der Waals surface area contributed by atoms with Crippen LogP contribution in [-0.4, -0.2) is 18.3 Å². The van der Waals surface area contributed by atoms with Crippen LogP contribution >= 0.6 is 11.6 Å². The summed E-state index contributed by atoms with van der Waals surface area (Å²) >= 11 is 5.67. The third-order valence-corrected chi connectivity index (χ3v) is 1.84. The first kappa shape index (κ1) is 10.2. The third-order valence-electron chi connectivity index (χ3n) is 1.54. The van der Waals surface area contributed by atoms with Crippen molar-refractivity contribution in [3.8, 4) is 11.5 Å². The van der Waals surface area contributed by atoms with Gasteiger partial charge in [-0.2, -0.15) is 0 Å². The molecule has 0 heterocycles. The van der Waals surface area contributed by atoms with Crippen LogP contribution in [0.2, 0.25) is 5.02 Å². The molecule has 0 spiro atoms. The molecule has 3 N–H and O–H groups in total. The Bertz CT molecular complexity index is 278. The fourth-order valence-corrected chi connectivity index (χ4v) is 1.02. The molecule has 1 aromatic carbocycles. The molecule has 0 saturated carbocycles. The van der Waals surface area contributed by atoms with E-state index >= 15 is 0 Å². The zero-order valence-electron chi connectivity index (χ0n) is 7.16. The van der Waals surface area contributed by atoms with Crippen molar-refractivity contribution in [3.63, 3.8) is 0 Å². The Labute approximate surface area is 82.1 Å². The van der Waals surface area contributed by atoms with E-state index in [1.165, 1.54) is 6.07 Å². The van der Waals surface area contributed by atoms with Crippen LogP contribution in [0.15, 0.2) is 18.2 Å². The van der Waals surface area contributed by atoms with Gasteiger partial charge in [-0.1, -0.05) is 11.6 Å². The van der Waals surface area contributed by atoms with Gasteiger partial charge in [0.1, 0.15) is 11.5 Å². The summed E-state index contributed by atoms with van der Waals surface area (Å²) in [5, 5.41) is 9.40. The first-order valence-electron chi connectivity index (χ1n) is 4.05. The lowest BCUT2D eigenvalue weighted by Crippen LogP contribution is -2.05. The maximum absolute atomic E-state index is 9.11. The standard InChI is InChI=1S/C9H12ClNO2/c10-8-6-7(2-3-9(8)12)13-5-1-4-11/h2-3,6,12H,1,4-5,11H2. The van der Waals surface area contributed by atoms with Gasteiger partial charge in [0, 0.05) is 6.07 Å². The molecule has 0 fully saturated rings. The molecular formula is C9H12ClNO2. The summed E-state index contributed by atoms with van der Waals surface area (Å²) in [5.41, 5.74) is 5.30. The molecule has 4 heteroatoms. The summed E-state index contributed by atoms with van der Waals surface area (Å²) < 4.78 is 5.31. The number of nitrogens with two attached hydrogens (primary N) is 1. The summed E-state index contributed by atoms with van der Waals surface area (Å²) in [6.45, 7) is 1.17. The molecule has 1 rings (SSSR count). The molecule has 0 unspecified atom stereocenters. The Kier molecular flexibility index (Phi) is 3.86. The van der Waals surface area contributed by atoms with Crippen molar-refractivity contribution in [1.29, 1.82) is 0 Å². The molecule has 3 nitrogen and oxygen atoms in total. The van der Waals surface area contributed by atoms with E-state index in [1.807, 2.05) is 0 Å². The van der Waals surface area contributed by atoms with Crippen LogP contribution in [0.5, 0.6) is 11.5 Å². The number of halogens is 1. The highest BCUT2D eigenvalue weighted by Gasteiger charge is 1.99. The summed E-state index contributed by atoms with van der Waals surface area (Å²) in [7, 11) is 0. The maximum Gasteiger partial charge on any atom is 0.134 e. The summed E-state index contributed by atoms with van der Waals surface area (Å²) in [6.07, 6.45) is 0.804. The minimum atomic E-state index is 0.0628. The van der Waals surface area contributed by atoms with Crippen molar-refractivity contribution in [2.75, 3.05) is 13.2 Å². The lowest BCUT2D eigenvalue weighted by Gasteiger charge is -2.05. The van der Waals surface area contributed by atoms with Crippen LogP contribution in [0.1, 0.15) is 6.42 Å². The van der Waals surface area contributed by atoms with Gasteiger partial charge >= 0.3 is 0 Å². The number of rotatable bonds is 4. The van der Waals surface area contributed by atoms with Gasteiger partial charge in [-0.3, -0.25) is 0 Å². The number of hydrogen-bond donors (Lipinski definition) is 2. The van der Waals surface area contributed by atoms with Gasteiger partial charge in [0.15, 0.2) is 0 Å². The van der Waals surface area contributed by atoms with E-state index in [0.717, 1.165) is 6.42 Å². The lowest BCUT2D eigenvalue weighted by atomic mass is 10.3. The average Bonchev–Trinajstić information content (AvgIpc) is 2.12. The van der Waals surface area contributed by atoms with Crippen molar-refractivity contribution < 1.29 is 9.84 Å². The number of aromatic hydroxyl groups is 1. The molecule has 0 aliphatic heterocycles. The average molecular weight is 202 g/mol. The Morgan fingerprint density at radius 1 is 1.46 bits per heavy atom. The van der Waals surface area contributed by atoms with E-state index < -0.39 is 0 Å². The van der Waals surface area contributed by atoms with Crippen LogP contribution in [0.25, 0.3) is 0 Å². The molecular weight excluding hydrogens is 190 g/mol. The lowest BCUT2D eigenvalue weighted by molar-refractivity contribution is 0.313. The Balaban J connectivity index is 2.53. The van der Waals surface area contributed by atoms with Crippen LogP contribution in [0.3, 0.4) is 0 Å². The van der Waals surface area contributed by atoms with Crippen molar-refractivity contribution in [2.45, 2.75) is 6.42 Å². The van der Waals surface area contributed by atoms with E-state index in [2.05, 4.69) is 0 Å². The monoisotopic (exact) mass is 201 g/mol. The Hall–Kier alpha value is -0.930. The molecule has 0 aliphatic carbocycles. The van der Waals surface area contributed by atoms with E-state index in [4.69, 9.17) is 27.2 Å². The topological polar surface area (TPSA) is 55.5 Å². The summed E-state index contributed by atoms with van der Waals surface area (Å²) in [6, 6.07) is 4.74. The number of phenolic OH excluding ortho intramolecular Hbond substituents is 1. The molecule has 0 atom stereocenters. The second kappa shape index (κ2) is 4.94. The van der Waals surface area contributed by atoms with Gasteiger partial charge in [-0.05, 0) is 25.1 Å². The molecule has 1 aromatic rings. The van der Waals surface area contributed by atoms with Crippen molar-refractivity contribution in [2.24, 2.45) is 5.73 Å². The molecule has 72 valence electrons. The number of phenols is 1. The van der Waals surface area contributed by atoms with E-state index in [-0.39, 0.29) is 5.75 Å². The third kappa shape index (κ3) is 3.13. The number of benzene rings is 1. The fraction of sp³-hybridized carbons (Fsp3) is 0.333. The van der Waals surface area contributed by atoms with E-state index in [1.54, 1.807) is 12.1 Å². The molecule has 0 aliphatic rings. The van der Waals surface area contributed by atoms with Gasteiger partial charge in [0.2, 0.25) is 0 Å². The maximum atomic E-state index is 9.11. The van der Waals surface area contributed by atoms with E-state index in [0.29, 0.717) is 23.9 Å². The highest BCUT2D eigenvalue weighted by molar-refractivity contribution is 6.32. The van der Waals surface area contributed by atoms with E-state index in [9.17, 15) is 0 Å². The smallest absolute Gasteiger partial charge is 0.134 e. The van der Waals surface area contributed by atoms with Gasteiger partial charge in [-0.25, -0.2) is 0 Å². The molecule has 0 saturated heterocycles. The summed E-state index contributed by atoms with van der Waals surface area (Å²) in [5.74, 6) is 0.712. The predicted octanol–water partition coefficient (Wildman–Crippen LogP) is 1.77. The molecule has 0 bridgehead atoms. The van der Waals surface area contributed by atoms with Crippen molar-refractivity contribution in [1.82, 2.24) is 0 Å². The van der Waals surface area contributed by atoms with Crippen molar-refractivity contribution in [3.05, 3.63) is 23.2 Å². The predicted molar refractivity (Wildman–Crippen MR) is 52.3 cm³/mol. The molecule has 0 radical (unpaired) electrons. The van der Waals surface area contributed by atoms with Gasteiger partial charge in [0.25, 0.3) is 0 Å². The van der Waals surface area contributed by atoms with Crippen LogP contribution < -0.4 is 10.5 Å². The zero-order chi connectivity index (χ0) is 9.68. The molecule has 13 heavy (non-hydrogen) atoms. The number of hydrogen-bond acceptors (Lipinski definition) is 3. The van der Waals surface area contributed by atoms with Crippen molar-refractivity contribution >= 4 is 11.6 Å². The van der Waals surface area contributed by atoms with Crippen LogP contribution in [-0.2, 0) is 0 Å². The summed E-state index contributed by atoms with van der Waals surface area (Å²) in [4.78, 5) is 0. The first-order valence-corrected chi connectivity index (χ1v) is 4.43. The second-order valence-electron chi connectivity index (χ2n) is 2.60. The Morgan fingerprint density at radius 2 is 2.23 bits per heavy atom. The number of ether oxygens (including phenoxy) is 1. The highest BCUT2D eigenvalue weighted by atomic mass is 35.5. The highest BCUT2D eigenvalue weighted by Crippen LogP contribution is 2.27. The Morgan fingerprint density at radius 3 is 2.85 bits per heavy atom.